The lowest BCUT2D eigenvalue weighted by molar-refractivity contribution is 0.304. The van der Waals surface area contributed by atoms with Gasteiger partial charge in [0.1, 0.15) is 30.8 Å². The van der Waals surface area contributed by atoms with Crippen molar-refractivity contribution >= 4 is 0 Å². The molecular formula is C17H12FNO2. The quantitative estimate of drug-likeness (QED) is 0.880. The van der Waals surface area contributed by atoms with Crippen LogP contribution < -0.4 is 4.74 Å². The summed E-state index contributed by atoms with van der Waals surface area (Å²) in [7, 11) is 0. The topological polar surface area (TPSA) is 53.2 Å². The Kier molecular flexibility index (Phi) is 4.93. The molecule has 4 heteroatoms. The first-order valence-electron chi connectivity index (χ1n) is 6.24. The highest BCUT2D eigenvalue weighted by molar-refractivity contribution is 5.41. The number of benzene rings is 2. The van der Waals surface area contributed by atoms with Crippen molar-refractivity contribution in [3.05, 3.63) is 65.0 Å². The second-order valence-electron chi connectivity index (χ2n) is 4.16. The van der Waals surface area contributed by atoms with Crippen molar-refractivity contribution in [1.82, 2.24) is 0 Å². The fraction of sp³-hybridized carbons (Fsp3) is 0.118. The highest BCUT2D eigenvalue weighted by Gasteiger charge is 2.05. The Morgan fingerprint density at radius 2 is 1.95 bits per heavy atom. The molecule has 104 valence electrons. The summed E-state index contributed by atoms with van der Waals surface area (Å²) in [6.07, 6.45) is 0. The van der Waals surface area contributed by atoms with Crippen molar-refractivity contribution in [2.75, 3.05) is 6.61 Å². The van der Waals surface area contributed by atoms with E-state index in [1.165, 1.54) is 12.1 Å². The van der Waals surface area contributed by atoms with Gasteiger partial charge in [0.2, 0.25) is 0 Å². The molecule has 0 atom stereocenters. The lowest BCUT2D eigenvalue weighted by Crippen LogP contribution is -1.99. The molecule has 3 nitrogen and oxygen atoms in total. The first-order chi connectivity index (χ1) is 10.2. The summed E-state index contributed by atoms with van der Waals surface area (Å²) in [6.45, 7) is 0.0116. The van der Waals surface area contributed by atoms with Crippen molar-refractivity contribution in [3.8, 4) is 23.7 Å². The van der Waals surface area contributed by atoms with Gasteiger partial charge in [0, 0.05) is 17.2 Å². The average molecular weight is 281 g/mol. The molecule has 0 aliphatic carbocycles. The Hall–Kier alpha value is -2.82. The third-order valence-corrected chi connectivity index (χ3v) is 2.77. The average Bonchev–Trinajstić information content (AvgIpc) is 2.52. The first kappa shape index (κ1) is 14.6. The minimum absolute atomic E-state index is 0.0171. The number of aliphatic hydroxyl groups excluding tert-OH is 1. The van der Waals surface area contributed by atoms with E-state index in [1.807, 2.05) is 24.3 Å². The van der Waals surface area contributed by atoms with Gasteiger partial charge in [0.15, 0.2) is 0 Å². The van der Waals surface area contributed by atoms with E-state index in [-0.39, 0.29) is 18.8 Å². The zero-order valence-corrected chi connectivity index (χ0v) is 11.1. The van der Waals surface area contributed by atoms with Crippen LogP contribution in [0.4, 0.5) is 4.39 Å². The van der Waals surface area contributed by atoms with Crippen molar-refractivity contribution in [3.63, 3.8) is 0 Å². The molecule has 0 saturated carbocycles. The fourth-order valence-corrected chi connectivity index (χ4v) is 1.74. The van der Waals surface area contributed by atoms with Gasteiger partial charge in [0.05, 0.1) is 5.56 Å². The summed E-state index contributed by atoms with van der Waals surface area (Å²) in [6, 6.07) is 13.2. The second-order valence-corrected chi connectivity index (χ2v) is 4.16. The van der Waals surface area contributed by atoms with E-state index in [4.69, 9.17) is 15.1 Å². The van der Waals surface area contributed by atoms with Gasteiger partial charge in [-0.3, -0.25) is 0 Å². The van der Waals surface area contributed by atoms with Gasteiger partial charge in [-0.2, -0.15) is 5.26 Å². The van der Waals surface area contributed by atoms with Crippen molar-refractivity contribution < 1.29 is 14.2 Å². The molecule has 0 heterocycles. The molecule has 0 fully saturated rings. The normalized spacial score (nSPS) is 9.38. The fourth-order valence-electron chi connectivity index (χ4n) is 1.74. The van der Waals surface area contributed by atoms with E-state index < -0.39 is 5.82 Å². The van der Waals surface area contributed by atoms with Crippen LogP contribution in [0.1, 0.15) is 16.7 Å². The molecule has 2 aromatic rings. The molecule has 21 heavy (non-hydrogen) atoms. The molecule has 1 N–H and O–H groups in total. The van der Waals surface area contributed by atoms with Gasteiger partial charge >= 0.3 is 0 Å². The maximum atomic E-state index is 13.5. The Balaban J connectivity index is 2.13. The van der Waals surface area contributed by atoms with E-state index in [9.17, 15) is 4.39 Å². The predicted molar refractivity (Wildman–Crippen MR) is 75.9 cm³/mol. The number of ether oxygens (including phenoxy) is 1. The molecule has 0 aliphatic heterocycles. The Bertz CT molecular complexity index is 738. The van der Waals surface area contributed by atoms with Crippen LogP contribution in [0.5, 0.6) is 5.75 Å². The SMILES string of the molecule is N#Cc1ccc(OCc2ccccc2C#CCO)cc1F. The van der Waals surface area contributed by atoms with Crippen LogP contribution in [-0.4, -0.2) is 11.7 Å². The lowest BCUT2D eigenvalue weighted by atomic mass is 10.1. The van der Waals surface area contributed by atoms with Crippen LogP contribution in [0.3, 0.4) is 0 Å². The number of hydrogen-bond donors (Lipinski definition) is 1. The van der Waals surface area contributed by atoms with Gasteiger partial charge in [-0.15, -0.1) is 0 Å². The Labute approximate surface area is 122 Å². The monoisotopic (exact) mass is 281 g/mol. The molecule has 2 rings (SSSR count). The number of halogens is 1. The van der Waals surface area contributed by atoms with E-state index in [1.54, 1.807) is 12.1 Å². The zero-order chi connectivity index (χ0) is 15.1. The van der Waals surface area contributed by atoms with Crippen LogP contribution in [0, 0.1) is 29.0 Å². The Morgan fingerprint density at radius 1 is 1.14 bits per heavy atom. The molecule has 0 bridgehead atoms. The highest BCUT2D eigenvalue weighted by Crippen LogP contribution is 2.18. The lowest BCUT2D eigenvalue weighted by Gasteiger charge is -2.08. The van der Waals surface area contributed by atoms with Gasteiger partial charge in [-0.25, -0.2) is 4.39 Å². The minimum Gasteiger partial charge on any atom is -0.489 e. The van der Waals surface area contributed by atoms with Gasteiger partial charge in [0.25, 0.3) is 0 Å². The molecular weight excluding hydrogens is 269 g/mol. The summed E-state index contributed by atoms with van der Waals surface area (Å²) >= 11 is 0. The summed E-state index contributed by atoms with van der Waals surface area (Å²) in [5, 5.41) is 17.4. The minimum atomic E-state index is -0.608. The molecule has 0 aromatic heterocycles. The zero-order valence-electron chi connectivity index (χ0n) is 11.1. The molecule has 0 saturated heterocycles. The van der Waals surface area contributed by atoms with Crippen LogP contribution in [0.25, 0.3) is 0 Å². The van der Waals surface area contributed by atoms with Crippen LogP contribution >= 0.6 is 0 Å². The van der Waals surface area contributed by atoms with Crippen LogP contribution in [-0.2, 0) is 6.61 Å². The molecule has 0 amide bonds. The van der Waals surface area contributed by atoms with Gasteiger partial charge in [-0.1, -0.05) is 30.0 Å². The summed E-state index contributed by atoms with van der Waals surface area (Å²) < 4.78 is 19.0. The van der Waals surface area contributed by atoms with Crippen LogP contribution in [0.15, 0.2) is 42.5 Å². The largest absolute Gasteiger partial charge is 0.489 e. The summed E-state index contributed by atoms with van der Waals surface area (Å²) in [4.78, 5) is 0. The van der Waals surface area contributed by atoms with Crippen molar-refractivity contribution in [1.29, 1.82) is 5.26 Å². The predicted octanol–water partition coefficient (Wildman–Crippen LogP) is 2.62. The number of rotatable bonds is 3. The summed E-state index contributed by atoms with van der Waals surface area (Å²) in [5.74, 6) is 5.15. The number of nitriles is 1. The number of hydrogen-bond acceptors (Lipinski definition) is 3. The molecule has 2 aromatic carbocycles. The maximum absolute atomic E-state index is 13.5. The third kappa shape index (κ3) is 3.82. The van der Waals surface area contributed by atoms with E-state index in [2.05, 4.69) is 11.8 Å². The number of aliphatic hydroxyl groups is 1. The van der Waals surface area contributed by atoms with Gasteiger partial charge in [-0.05, 0) is 18.2 Å². The smallest absolute Gasteiger partial charge is 0.144 e. The summed E-state index contributed by atoms with van der Waals surface area (Å²) in [5.41, 5.74) is 1.57. The standard InChI is InChI=1S/C17H12FNO2/c18-17-10-16(8-7-14(17)11-19)21-12-15-5-2-1-4-13(15)6-3-9-20/h1-2,4-5,7-8,10,20H,9,12H2. The molecule has 0 aliphatic rings. The highest BCUT2D eigenvalue weighted by atomic mass is 19.1. The van der Waals surface area contributed by atoms with E-state index in [0.29, 0.717) is 5.75 Å². The van der Waals surface area contributed by atoms with Crippen molar-refractivity contribution in [2.24, 2.45) is 0 Å². The van der Waals surface area contributed by atoms with Crippen molar-refractivity contribution in [2.45, 2.75) is 6.61 Å². The van der Waals surface area contributed by atoms with E-state index >= 15 is 0 Å². The van der Waals surface area contributed by atoms with Gasteiger partial charge < -0.3 is 9.84 Å². The second kappa shape index (κ2) is 7.09. The van der Waals surface area contributed by atoms with E-state index in [0.717, 1.165) is 11.1 Å². The molecule has 0 radical (unpaired) electrons. The Morgan fingerprint density at radius 3 is 2.67 bits per heavy atom. The third-order valence-electron chi connectivity index (χ3n) is 2.77. The first-order valence-corrected chi connectivity index (χ1v) is 6.24. The molecule has 0 unspecified atom stereocenters. The van der Waals surface area contributed by atoms with Crippen LogP contribution in [0.2, 0.25) is 0 Å². The number of nitrogens with zero attached hydrogens (tertiary/aromatic N) is 1. The molecule has 0 spiro atoms. The maximum Gasteiger partial charge on any atom is 0.144 e.